The molecule has 0 aliphatic rings. The van der Waals surface area contributed by atoms with Crippen molar-refractivity contribution in [3.63, 3.8) is 0 Å². The summed E-state index contributed by atoms with van der Waals surface area (Å²) in [6.45, 7) is 4.61. The lowest BCUT2D eigenvalue weighted by Crippen LogP contribution is -2.49. The van der Waals surface area contributed by atoms with Gasteiger partial charge in [-0.15, -0.1) is 11.8 Å². The van der Waals surface area contributed by atoms with Crippen LogP contribution in [0.2, 0.25) is 15.1 Å². The van der Waals surface area contributed by atoms with Gasteiger partial charge in [0, 0.05) is 33.9 Å². The molecular weight excluding hydrogens is 463 g/mol. The van der Waals surface area contributed by atoms with Gasteiger partial charge in [-0.1, -0.05) is 59.9 Å². The number of carbonyl (C=O) groups excluding carboxylic acids is 2. The average Bonchev–Trinajstić information content (AvgIpc) is 2.71. The number of rotatable bonds is 10. The Balaban J connectivity index is 2.14. The van der Waals surface area contributed by atoms with Crippen molar-refractivity contribution < 1.29 is 9.59 Å². The van der Waals surface area contributed by atoms with Crippen LogP contribution >= 0.6 is 46.6 Å². The Morgan fingerprint density at radius 2 is 1.67 bits per heavy atom. The summed E-state index contributed by atoms with van der Waals surface area (Å²) in [4.78, 5) is 27.3. The number of benzene rings is 2. The van der Waals surface area contributed by atoms with Gasteiger partial charge < -0.3 is 10.2 Å². The Bertz CT molecular complexity index is 842. The number of amides is 2. The first kappa shape index (κ1) is 24.9. The van der Waals surface area contributed by atoms with Crippen LogP contribution in [0.5, 0.6) is 0 Å². The van der Waals surface area contributed by atoms with Gasteiger partial charge in [-0.2, -0.15) is 0 Å². The largest absolute Gasteiger partial charge is 0.355 e. The molecule has 2 aromatic carbocycles. The van der Waals surface area contributed by atoms with Gasteiger partial charge in [0.05, 0.1) is 5.75 Å². The van der Waals surface area contributed by atoms with E-state index in [1.165, 1.54) is 11.8 Å². The Hall–Kier alpha value is -1.40. The van der Waals surface area contributed by atoms with Crippen LogP contribution < -0.4 is 5.32 Å². The van der Waals surface area contributed by atoms with Crippen LogP contribution in [-0.2, 0) is 21.9 Å². The molecule has 0 fully saturated rings. The molecule has 4 nitrogen and oxygen atoms in total. The normalized spacial score (nSPS) is 11.8. The van der Waals surface area contributed by atoms with Gasteiger partial charge in [-0.3, -0.25) is 9.59 Å². The first-order valence-corrected chi connectivity index (χ1v) is 12.0. The summed E-state index contributed by atoms with van der Waals surface area (Å²) in [7, 11) is 0. The third-order valence-electron chi connectivity index (χ3n) is 4.54. The Labute approximate surface area is 197 Å². The minimum atomic E-state index is -0.544. The van der Waals surface area contributed by atoms with Crippen molar-refractivity contribution in [1.82, 2.24) is 10.2 Å². The van der Waals surface area contributed by atoms with Gasteiger partial charge in [0.1, 0.15) is 6.04 Å². The fourth-order valence-electron chi connectivity index (χ4n) is 2.99. The summed E-state index contributed by atoms with van der Waals surface area (Å²) in [6, 6.07) is 12.1. The number of nitrogens with zero attached hydrogens (tertiary/aromatic N) is 1. The molecule has 2 amide bonds. The highest BCUT2D eigenvalue weighted by Gasteiger charge is 2.28. The lowest BCUT2D eigenvalue weighted by molar-refractivity contribution is -0.139. The van der Waals surface area contributed by atoms with Crippen molar-refractivity contribution >= 4 is 58.4 Å². The molecule has 1 atom stereocenters. The zero-order chi connectivity index (χ0) is 22.1. The van der Waals surface area contributed by atoms with E-state index in [1.807, 2.05) is 26.0 Å². The molecule has 0 bridgehead atoms. The van der Waals surface area contributed by atoms with Crippen molar-refractivity contribution in [2.75, 3.05) is 12.3 Å². The zero-order valence-corrected chi connectivity index (χ0v) is 20.0. The fraction of sp³-hybridized carbons (Fsp3) is 0.364. The second kappa shape index (κ2) is 12.5. The highest BCUT2D eigenvalue weighted by atomic mass is 35.5. The second-order valence-electron chi connectivity index (χ2n) is 6.66. The molecule has 0 saturated heterocycles. The number of hydrogen-bond donors (Lipinski definition) is 1. The predicted octanol–water partition coefficient (Wildman–Crippen LogP) is 5.82. The number of hydrogen-bond acceptors (Lipinski definition) is 3. The van der Waals surface area contributed by atoms with E-state index in [0.717, 1.165) is 11.1 Å². The summed E-state index contributed by atoms with van der Waals surface area (Å²) in [5, 5.41) is 4.61. The van der Waals surface area contributed by atoms with Gasteiger partial charge in [0.25, 0.3) is 0 Å². The van der Waals surface area contributed by atoms with Gasteiger partial charge in [0.2, 0.25) is 11.8 Å². The van der Waals surface area contributed by atoms with Gasteiger partial charge in [0.15, 0.2) is 0 Å². The molecule has 162 valence electrons. The second-order valence-corrected chi connectivity index (χ2v) is 8.90. The molecule has 0 aliphatic heterocycles. The third kappa shape index (κ3) is 7.09. The number of likely N-dealkylation sites (N-methyl/N-ethyl adjacent to an activating group) is 1. The maximum atomic E-state index is 13.1. The fourth-order valence-corrected chi connectivity index (χ4v) is 4.76. The highest BCUT2D eigenvalue weighted by molar-refractivity contribution is 7.99. The zero-order valence-electron chi connectivity index (χ0n) is 17.0. The molecule has 0 heterocycles. The van der Waals surface area contributed by atoms with Crippen molar-refractivity contribution in [3.8, 4) is 0 Å². The van der Waals surface area contributed by atoms with Gasteiger partial charge >= 0.3 is 0 Å². The molecule has 2 aromatic rings. The van der Waals surface area contributed by atoms with Crippen molar-refractivity contribution in [2.24, 2.45) is 0 Å². The lowest BCUT2D eigenvalue weighted by Gasteiger charge is -2.30. The third-order valence-corrected chi connectivity index (χ3v) is 6.44. The van der Waals surface area contributed by atoms with Crippen molar-refractivity contribution in [1.29, 1.82) is 0 Å². The summed E-state index contributed by atoms with van der Waals surface area (Å²) in [6.07, 6.45) is 0.520. The highest BCUT2D eigenvalue weighted by Crippen LogP contribution is 2.28. The molecule has 0 aliphatic carbocycles. The Morgan fingerprint density at radius 3 is 2.23 bits per heavy atom. The monoisotopic (exact) mass is 486 g/mol. The first-order valence-electron chi connectivity index (χ1n) is 9.69. The lowest BCUT2D eigenvalue weighted by atomic mass is 10.1. The number of nitrogens with one attached hydrogen (secondary N) is 1. The van der Waals surface area contributed by atoms with Crippen LogP contribution in [0.1, 0.15) is 31.4 Å². The van der Waals surface area contributed by atoms with E-state index < -0.39 is 6.04 Å². The smallest absolute Gasteiger partial charge is 0.242 e. The van der Waals surface area contributed by atoms with E-state index in [0.29, 0.717) is 40.3 Å². The Kier molecular flexibility index (Phi) is 10.3. The summed E-state index contributed by atoms with van der Waals surface area (Å²) in [5.74, 6) is 0.458. The first-order chi connectivity index (χ1) is 14.4. The molecule has 0 unspecified atom stereocenters. The molecule has 0 aromatic heterocycles. The maximum absolute atomic E-state index is 13.1. The summed E-state index contributed by atoms with van der Waals surface area (Å²) in [5.41, 5.74) is 1.72. The standard InChI is InChI=1S/C22H25Cl3N2O2S/c1-3-20(22(29)26-4-2)27(12-15-8-10-16(23)11-9-15)21(28)14-30-13-17-18(24)6-5-7-19(17)25/h5-11,20H,3-4,12-14H2,1-2H3,(H,26,29)/t20-/m0/s1. The van der Waals surface area contributed by atoms with Crippen molar-refractivity contribution in [3.05, 3.63) is 68.7 Å². The van der Waals surface area contributed by atoms with E-state index in [4.69, 9.17) is 34.8 Å². The van der Waals surface area contributed by atoms with E-state index >= 15 is 0 Å². The van der Waals surface area contributed by atoms with Crippen LogP contribution in [0.25, 0.3) is 0 Å². The molecule has 30 heavy (non-hydrogen) atoms. The van der Waals surface area contributed by atoms with Crippen LogP contribution in [0.3, 0.4) is 0 Å². The van der Waals surface area contributed by atoms with Crippen LogP contribution in [0.15, 0.2) is 42.5 Å². The minimum absolute atomic E-state index is 0.115. The number of halogens is 3. The number of thioether (sulfide) groups is 1. The molecule has 0 radical (unpaired) electrons. The number of carbonyl (C=O) groups is 2. The minimum Gasteiger partial charge on any atom is -0.355 e. The molecule has 1 N–H and O–H groups in total. The van der Waals surface area contributed by atoms with E-state index in [1.54, 1.807) is 35.2 Å². The van der Waals surface area contributed by atoms with Crippen LogP contribution in [0.4, 0.5) is 0 Å². The summed E-state index contributed by atoms with van der Waals surface area (Å²) >= 11 is 19.8. The molecular formula is C22H25Cl3N2O2S. The van der Waals surface area contributed by atoms with Crippen LogP contribution in [0, 0.1) is 0 Å². The topological polar surface area (TPSA) is 49.4 Å². The molecule has 2 rings (SSSR count). The predicted molar refractivity (Wildman–Crippen MR) is 127 cm³/mol. The Morgan fingerprint density at radius 1 is 1.03 bits per heavy atom. The van der Waals surface area contributed by atoms with Gasteiger partial charge in [-0.05, 0) is 48.7 Å². The van der Waals surface area contributed by atoms with Crippen LogP contribution in [-0.4, -0.2) is 35.1 Å². The van der Waals surface area contributed by atoms with Crippen molar-refractivity contribution in [2.45, 2.75) is 38.6 Å². The molecule has 8 heteroatoms. The average molecular weight is 488 g/mol. The quantitative estimate of drug-likeness (QED) is 0.459. The van der Waals surface area contributed by atoms with E-state index in [-0.39, 0.29) is 17.6 Å². The maximum Gasteiger partial charge on any atom is 0.242 e. The van der Waals surface area contributed by atoms with Gasteiger partial charge in [-0.25, -0.2) is 0 Å². The summed E-state index contributed by atoms with van der Waals surface area (Å²) < 4.78 is 0. The molecule has 0 spiro atoms. The molecule has 0 saturated carbocycles. The van der Waals surface area contributed by atoms with E-state index in [2.05, 4.69) is 5.32 Å². The van der Waals surface area contributed by atoms with E-state index in [9.17, 15) is 9.59 Å². The SMILES string of the molecule is CCNC(=O)[C@H](CC)N(Cc1ccc(Cl)cc1)C(=O)CSCc1c(Cl)cccc1Cl.